The molecule has 144 valence electrons. The summed E-state index contributed by atoms with van der Waals surface area (Å²) in [6.07, 6.45) is 5.36. The number of ketones is 1. The van der Waals surface area contributed by atoms with Crippen LogP contribution in [0, 0.1) is 5.92 Å². The number of carbonyl (C=O) groups is 1. The molecular formula is C24H27N3O. The van der Waals surface area contributed by atoms with Crippen LogP contribution in [0.1, 0.15) is 42.8 Å². The third-order valence-electron chi connectivity index (χ3n) is 5.89. The van der Waals surface area contributed by atoms with Crippen molar-refractivity contribution in [1.82, 2.24) is 9.97 Å². The Balaban J connectivity index is 1.50. The van der Waals surface area contributed by atoms with E-state index in [9.17, 15) is 4.79 Å². The summed E-state index contributed by atoms with van der Waals surface area (Å²) in [5, 5.41) is 0. The van der Waals surface area contributed by atoms with E-state index in [1.54, 1.807) is 0 Å². The molecule has 1 heterocycles. The van der Waals surface area contributed by atoms with E-state index in [2.05, 4.69) is 42.2 Å². The van der Waals surface area contributed by atoms with E-state index in [1.807, 2.05) is 25.1 Å². The lowest BCUT2D eigenvalue weighted by Gasteiger charge is -2.16. The molecule has 0 radical (unpaired) electrons. The van der Waals surface area contributed by atoms with E-state index in [1.165, 1.54) is 16.7 Å². The fourth-order valence-corrected chi connectivity index (χ4v) is 3.90. The summed E-state index contributed by atoms with van der Waals surface area (Å²) in [5.41, 5.74) is 13.0. The van der Waals surface area contributed by atoms with Gasteiger partial charge in [0.25, 0.3) is 0 Å². The molecule has 1 aliphatic rings. The van der Waals surface area contributed by atoms with Gasteiger partial charge in [0.2, 0.25) is 0 Å². The van der Waals surface area contributed by atoms with Crippen LogP contribution in [0.15, 0.2) is 48.5 Å². The molecular weight excluding hydrogens is 346 g/mol. The van der Waals surface area contributed by atoms with Crippen LogP contribution in [0.3, 0.4) is 0 Å². The molecule has 0 saturated carbocycles. The van der Waals surface area contributed by atoms with Gasteiger partial charge in [0, 0.05) is 12.8 Å². The molecule has 1 aliphatic carbocycles. The molecule has 0 aliphatic heterocycles. The molecule has 3 N–H and O–H groups in total. The molecule has 28 heavy (non-hydrogen) atoms. The van der Waals surface area contributed by atoms with Crippen molar-refractivity contribution in [2.45, 2.75) is 45.6 Å². The van der Waals surface area contributed by atoms with Crippen LogP contribution in [-0.2, 0) is 24.1 Å². The first-order chi connectivity index (χ1) is 13.5. The van der Waals surface area contributed by atoms with Crippen LogP contribution < -0.4 is 5.73 Å². The van der Waals surface area contributed by atoms with Crippen LogP contribution in [0.5, 0.6) is 0 Å². The number of allylic oxidation sites excluding steroid dienone is 2. The van der Waals surface area contributed by atoms with Gasteiger partial charge in [0.05, 0.1) is 17.1 Å². The summed E-state index contributed by atoms with van der Waals surface area (Å²) in [6.45, 7) is 4.09. The Morgan fingerprint density at radius 3 is 2.89 bits per heavy atom. The molecule has 3 aromatic rings. The van der Waals surface area contributed by atoms with Crippen molar-refractivity contribution < 1.29 is 4.79 Å². The Morgan fingerprint density at radius 1 is 1.25 bits per heavy atom. The monoisotopic (exact) mass is 373 g/mol. The molecule has 2 atom stereocenters. The quantitative estimate of drug-likeness (QED) is 0.651. The number of carbonyl (C=O) groups excluding carboxylic acids is 1. The standard InChI is InChI=1S/C24H27N3O/c1-3-15(2)24(25)22(28)13-16-8-11-20-21(12-16)27-23(26-20)14-18-10-9-17-6-4-5-7-19(17)18/h4-8,10-12,15,24H,3,9,13-14,25H2,1-2H3,(H,26,27)/t15-,24+/m1/s1. The number of nitrogens with one attached hydrogen (secondary N) is 1. The molecule has 0 fully saturated rings. The summed E-state index contributed by atoms with van der Waals surface area (Å²) in [7, 11) is 0. The van der Waals surface area contributed by atoms with E-state index < -0.39 is 6.04 Å². The number of benzene rings is 2. The number of H-pyrrole nitrogens is 1. The number of imidazole rings is 1. The molecule has 4 rings (SSSR count). The second-order valence-corrected chi connectivity index (χ2v) is 7.86. The maximum atomic E-state index is 12.4. The number of nitrogens with zero attached hydrogens (tertiary/aromatic N) is 1. The lowest BCUT2D eigenvalue weighted by atomic mass is 9.93. The van der Waals surface area contributed by atoms with Crippen molar-refractivity contribution in [3.05, 3.63) is 71.1 Å². The predicted molar refractivity (Wildman–Crippen MR) is 114 cm³/mol. The van der Waals surface area contributed by atoms with Gasteiger partial charge in [-0.05, 0) is 46.7 Å². The summed E-state index contributed by atoms with van der Waals surface area (Å²) in [5.74, 6) is 1.26. The van der Waals surface area contributed by atoms with Crippen molar-refractivity contribution in [2.24, 2.45) is 11.7 Å². The minimum absolute atomic E-state index is 0.0983. The third-order valence-corrected chi connectivity index (χ3v) is 5.89. The number of hydrogen-bond acceptors (Lipinski definition) is 3. The maximum Gasteiger partial charge on any atom is 0.154 e. The minimum Gasteiger partial charge on any atom is -0.342 e. The highest BCUT2D eigenvalue weighted by atomic mass is 16.1. The molecule has 0 saturated heterocycles. The number of rotatable bonds is 7. The normalized spacial score (nSPS) is 15.3. The topological polar surface area (TPSA) is 71.8 Å². The fourth-order valence-electron chi connectivity index (χ4n) is 3.90. The van der Waals surface area contributed by atoms with Gasteiger partial charge in [-0.15, -0.1) is 0 Å². The lowest BCUT2D eigenvalue weighted by Crippen LogP contribution is -2.37. The van der Waals surface area contributed by atoms with Gasteiger partial charge in [0.1, 0.15) is 5.82 Å². The van der Waals surface area contributed by atoms with Crippen LogP contribution >= 0.6 is 0 Å². The first kappa shape index (κ1) is 18.6. The smallest absolute Gasteiger partial charge is 0.154 e. The number of nitrogens with two attached hydrogens (primary N) is 1. The van der Waals surface area contributed by atoms with Crippen molar-refractivity contribution in [2.75, 3.05) is 0 Å². The van der Waals surface area contributed by atoms with E-state index in [0.717, 1.165) is 41.7 Å². The lowest BCUT2D eigenvalue weighted by molar-refractivity contribution is -0.120. The zero-order valence-corrected chi connectivity index (χ0v) is 16.5. The van der Waals surface area contributed by atoms with E-state index in [4.69, 9.17) is 10.7 Å². The largest absolute Gasteiger partial charge is 0.342 e. The van der Waals surface area contributed by atoms with Gasteiger partial charge >= 0.3 is 0 Å². The van der Waals surface area contributed by atoms with Gasteiger partial charge in [-0.25, -0.2) is 4.98 Å². The number of aromatic nitrogens is 2. The molecule has 4 nitrogen and oxygen atoms in total. The summed E-state index contributed by atoms with van der Waals surface area (Å²) in [6, 6.07) is 14.2. The van der Waals surface area contributed by atoms with Crippen molar-refractivity contribution in [3.8, 4) is 0 Å². The molecule has 0 amide bonds. The first-order valence-corrected chi connectivity index (χ1v) is 10.1. The second-order valence-electron chi connectivity index (χ2n) is 7.86. The molecule has 2 aromatic carbocycles. The van der Waals surface area contributed by atoms with Crippen LogP contribution in [0.2, 0.25) is 0 Å². The highest BCUT2D eigenvalue weighted by Gasteiger charge is 2.20. The Bertz CT molecular complexity index is 1050. The van der Waals surface area contributed by atoms with Gasteiger partial charge in [-0.2, -0.15) is 0 Å². The highest BCUT2D eigenvalue weighted by Crippen LogP contribution is 2.29. The number of hydrogen-bond donors (Lipinski definition) is 2. The fraction of sp³-hybridized carbons (Fsp3) is 0.333. The molecule has 0 bridgehead atoms. The summed E-state index contributed by atoms with van der Waals surface area (Å²) < 4.78 is 0. The number of aromatic amines is 1. The second kappa shape index (κ2) is 7.72. The summed E-state index contributed by atoms with van der Waals surface area (Å²) in [4.78, 5) is 20.6. The number of fused-ring (bicyclic) bond motifs is 2. The van der Waals surface area contributed by atoms with E-state index in [-0.39, 0.29) is 11.7 Å². The maximum absolute atomic E-state index is 12.4. The van der Waals surface area contributed by atoms with Gasteiger partial charge in [-0.3, -0.25) is 4.79 Å². The molecule has 4 heteroatoms. The Hall–Kier alpha value is -2.72. The SMILES string of the molecule is CC[C@@H](C)[C@H](N)C(=O)Cc1ccc2nc(CC3=CCc4ccccc43)[nH]c2c1. The van der Waals surface area contributed by atoms with Crippen LogP contribution in [0.25, 0.3) is 16.6 Å². The summed E-state index contributed by atoms with van der Waals surface area (Å²) >= 11 is 0. The minimum atomic E-state index is -0.396. The zero-order chi connectivity index (χ0) is 19.7. The van der Waals surface area contributed by atoms with Crippen molar-refractivity contribution >= 4 is 22.4 Å². The van der Waals surface area contributed by atoms with Gasteiger partial charge in [0.15, 0.2) is 5.78 Å². The average Bonchev–Trinajstić information content (AvgIpc) is 3.30. The Kier molecular flexibility index (Phi) is 5.14. The first-order valence-electron chi connectivity index (χ1n) is 10.1. The molecule has 0 unspecified atom stereocenters. The van der Waals surface area contributed by atoms with Crippen LogP contribution in [0.4, 0.5) is 0 Å². The van der Waals surface area contributed by atoms with E-state index in [0.29, 0.717) is 6.42 Å². The van der Waals surface area contributed by atoms with Crippen molar-refractivity contribution in [3.63, 3.8) is 0 Å². The molecule has 1 aromatic heterocycles. The van der Waals surface area contributed by atoms with Gasteiger partial charge < -0.3 is 10.7 Å². The van der Waals surface area contributed by atoms with Crippen molar-refractivity contribution in [1.29, 1.82) is 0 Å². The Morgan fingerprint density at radius 2 is 2.07 bits per heavy atom. The van der Waals surface area contributed by atoms with Crippen LogP contribution in [-0.4, -0.2) is 21.8 Å². The molecule has 0 spiro atoms. The average molecular weight is 374 g/mol. The van der Waals surface area contributed by atoms with Gasteiger partial charge in [-0.1, -0.05) is 56.7 Å². The predicted octanol–water partition coefficient (Wildman–Crippen LogP) is 4.23. The third kappa shape index (κ3) is 3.65. The zero-order valence-electron chi connectivity index (χ0n) is 16.5. The highest BCUT2D eigenvalue weighted by molar-refractivity contribution is 5.87. The number of Topliss-reactive ketones (excluding diaryl/α,β-unsaturated/α-hetero) is 1. The Labute approximate surface area is 165 Å². The van der Waals surface area contributed by atoms with E-state index >= 15 is 0 Å².